The molecule has 2 aromatic rings. The van der Waals surface area contributed by atoms with Gasteiger partial charge in [0.1, 0.15) is 6.61 Å². The minimum absolute atomic E-state index is 0.195. The maximum absolute atomic E-state index is 12.0. The molecule has 24 heavy (non-hydrogen) atoms. The number of hydrogen-bond acceptors (Lipinski definition) is 5. The van der Waals surface area contributed by atoms with Crippen LogP contribution in [0.1, 0.15) is 25.3 Å². The summed E-state index contributed by atoms with van der Waals surface area (Å²) in [4.78, 5) is 17.1. The van der Waals surface area contributed by atoms with Gasteiger partial charge in [-0.15, -0.1) is 5.10 Å². The highest BCUT2D eigenvalue weighted by Crippen LogP contribution is 2.23. The number of benzene rings is 1. The Morgan fingerprint density at radius 2 is 2.08 bits per heavy atom. The SMILES string of the molecule is CCO/N=C(\CCC(=O)Nc1cccnn1)c1ccc(Cl)c(Cl)c1. The first-order valence-corrected chi connectivity index (χ1v) is 8.07. The first-order chi connectivity index (χ1) is 11.6. The number of nitrogens with zero attached hydrogens (tertiary/aromatic N) is 3. The van der Waals surface area contributed by atoms with Crippen LogP contribution in [-0.2, 0) is 9.63 Å². The van der Waals surface area contributed by atoms with Gasteiger partial charge in [0, 0.05) is 24.6 Å². The molecule has 8 heteroatoms. The van der Waals surface area contributed by atoms with Crippen molar-refractivity contribution in [2.24, 2.45) is 5.16 Å². The normalized spacial score (nSPS) is 11.2. The lowest BCUT2D eigenvalue weighted by Crippen LogP contribution is -2.15. The molecule has 0 radical (unpaired) electrons. The molecule has 1 amide bonds. The third-order valence-electron chi connectivity index (χ3n) is 2.99. The number of halogens is 2. The molecule has 2 rings (SSSR count). The molecule has 0 saturated heterocycles. The lowest BCUT2D eigenvalue weighted by molar-refractivity contribution is -0.116. The van der Waals surface area contributed by atoms with E-state index in [1.54, 1.807) is 30.3 Å². The number of aromatic nitrogens is 2. The standard InChI is InChI=1S/C16H16Cl2N4O2/c1-2-24-22-14(11-5-6-12(17)13(18)10-11)7-8-16(23)20-15-4-3-9-19-21-15/h3-6,9-10H,2,7-8H2,1H3,(H,20,21,23)/b22-14+. The Hall–Kier alpha value is -2.18. The van der Waals surface area contributed by atoms with E-state index in [1.807, 2.05) is 6.92 Å². The highest BCUT2D eigenvalue weighted by molar-refractivity contribution is 6.42. The van der Waals surface area contributed by atoms with E-state index in [1.165, 1.54) is 6.20 Å². The molecule has 1 heterocycles. The summed E-state index contributed by atoms with van der Waals surface area (Å²) in [5, 5.41) is 15.1. The van der Waals surface area contributed by atoms with E-state index in [4.69, 9.17) is 28.0 Å². The van der Waals surface area contributed by atoms with Crippen LogP contribution in [0.15, 0.2) is 41.7 Å². The zero-order valence-corrected chi connectivity index (χ0v) is 14.5. The number of oxime groups is 1. The second kappa shape index (κ2) is 9.20. The summed E-state index contributed by atoms with van der Waals surface area (Å²) >= 11 is 12.0. The fraction of sp³-hybridized carbons (Fsp3) is 0.250. The van der Waals surface area contributed by atoms with E-state index in [-0.39, 0.29) is 12.3 Å². The summed E-state index contributed by atoms with van der Waals surface area (Å²) in [6, 6.07) is 8.52. The predicted octanol–water partition coefficient (Wildman–Crippen LogP) is 3.94. The maximum atomic E-state index is 12.0. The molecule has 1 N–H and O–H groups in total. The first-order valence-electron chi connectivity index (χ1n) is 7.32. The molecule has 126 valence electrons. The molecule has 6 nitrogen and oxygen atoms in total. The van der Waals surface area contributed by atoms with E-state index < -0.39 is 0 Å². The Bertz CT molecular complexity index is 723. The summed E-state index contributed by atoms with van der Waals surface area (Å²) in [6.07, 6.45) is 2.12. The van der Waals surface area contributed by atoms with Crippen LogP contribution in [0.3, 0.4) is 0 Å². The fourth-order valence-corrected chi connectivity index (χ4v) is 2.16. The van der Waals surface area contributed by atoms with Gasteiger partial charge in [-0.25, -0.2) is 0 Å². The monoisotopic (exact) mass is 366 g/mol. The Morgan fingerprint density at radius 1 is 1.25 bits per heavy atom. The summed E-state index contributed by atoms with van der Waals surface area (Å²) < 4.78 is 0. The lowest BCUT2D eigenvalue weighted by atomic mass is 10.1. The van der Waals surface area contributed by atoms with Gasteiger partial charge in [-0.05, 0) is 31.2 Å². The van der Waals surface area contributed by atoms with Gasteiger partial charge in [-0.2, -0.15) is 5.10 Å². The quantitative estimate of drug-likeness (QED) is 0.594. The van der Waals surface area contributed by atoms with Gasteiger partial charge in [0.05, 0.1) is 15.8 Å². The molecule has 0 saturated carbocycles. The smallest absolute Gasteiger partial charge is 0.225 e. The van der Waals surface area contributed by atoms with Crippen molar-refractivity contribution in [2.75, 3.05) is 11.9 Å². The largest absolute Gasteiger partial charge is 0.396 e. The number of amides is 1. The van der Waals surface area contributed by atoms with E-state index >= 15 is 0 Å². The summed E-state index contributed by atoms with van der Waals surface area (Å²) in [6.45, 7) is 2.26. The second-order valence-electron chi connectivity index (χ2n) is 4.74. The van der Waals surface area contributed by atoms with Crippen LogP contribution in [0.4, 0.5) is 5.82 Å². The van der Waals surface area contributed by atoms with Gasteiger partial charge in [0.25, 0.3) is 0 Å². The van der Waals surface area contributed by atoms with Crippen molar-refractivity contribution in [3.05, 3.63) is 52.1 Å². The van der Waals surface area contributed by atoms with Crippen molar-refractivity contribution in [2.45, 2.75) is 19.8 Å². The number of carbonyl (C=O) groups is 1. The topological polar surface area (TPSA) is 76.5 Å². The molecule has 0 aliphatic carbocycles. The molecular formula is C16H16Cl2N4O2. The van der Waals surface area contributed by atoms with Crippen LogP contribution < -0.4 is 5.32 Å². The molecule has 1 aromatic heterocycles. The third kappa shape index (κ3) is 5.47. The number of carbonyl (C=O) groups excluding carboxylic acids is 1. The Balaban J connectivity index is 2.03. The zero-order valence-electron chi connectivity index (χ0n) is 13.0. The fourth-order valence-electron chi connectivity index (χ4n) is 1.87. The molecule has 0 fully saturated rings. The average Bonchev–Trinajstić information content (AvgIpc) is 2.58. The predicted molar refractivity (Wildman–Crippen MR) is 94.5 cm³/mol. The van der Waals surface area contributed by atoms with Crippen molar-refractivity contribution >= 4 is 40.6 Å². The summed E-state index contributed by atoms with van der Waals surface area (Å²) in [5.41, 5.74) is 1.37. The second-order valence-corrected chi connectivity index (χ2v) is 5.56. The van der Waals surface area contributed by atoms with Crippen LogP contribution in [-0.4, -0.2) is 28.4 Å². The minimum atomic E-state index is -0.195. The molecule has 1 aromatic carbocycles. The number of nitrogens with one attached hydrogen (secondary N) is 1. The van der Waals surface area contributed by atoms with E-state index in [0.717, 1.165) is 5.56 Å². The first kappa shape index (κ1) is 18.2. The Kier molecular flexibility index (Phi) is 6.96. The molecular weight excluding hydrogens is 351 g/mol. The molecule has 0 bridgehead atoms. The van der Waals surface area contributed by atoms with Crippen LogP contribution >= 0.6 is 23.2 Å². The van der Waals surface area contributed by atoms with Gasteiger partial charge in [-0.1, -0.05) is 34.4 Å². The zero-order chi connectivity index (χ0) is 17.4. The lowest BCUT2D eigenvalue weighted by Gasteiger charge is -2.08. The van der Waals surface area contributed by atoms with E-state index in [9.17, 15) is 4.79 Å². The van der Waals surface area contributed by atoms with Gasteiger partial charge in [0.15, 0.2) is 5.82 Å². The third-order valence-corrected chi connectivity index (χ3v) is 3.72. The van der Waals surface area contributed by atoms with Crippen molar-refractivity contribution in [3.63, 3.8) is 0 Å². The molecule has 0 aliphatic rings. The number of anilines is 1. The van der Waals surface area contributed by atoms with Crippen molar-refractivity contribution < 1.29 is 9.63 Å². The Morgan fingerprint density at radius 3 is 2.75 bits per heavy atom. The molecule has 0 unspecified atom stereocenters. The van der Waals surface area contributed by atoms with E-state index in [2.05, 4.69) is 20.7 Å². The number of hydrogen-bond donors (Lipinski definition) is 1. The van der Waals surface area contributed by atoms with Crippen LogP contribution in [0, 0.1) is 0 Å². The van der Waals surface area contributed by atoms with Crippen molar-refractivity contribution in [1.82, 2.24) is 10.2 Å². The number of rotatable bonds is 7. The Labute approximate surface area is 149 Å². The van der Waals surface area contributed by atoms with Gasteiger partial charge >= 0.3 is 0 Å². The van der Waals surface area contributed by atoms with Gasteiger partial charge in [-0.3, -0.25) is 4.79 Å². The van der Waals surface area contributed by atoms with Crippen LogP contribution in [0.5, 0.6) is 0 Å². The molecule has 0 aliphatic heterocycles. The molecule has 0 spiro atoms. The molecule has 0 atom stereocenters. The average molecular weight is 367 g/mol. The minimum Gasteiger partial charge on any atom is -0.396 e. The van der Waals surface area contributed by atoms with E-state index in [0.29, 0.717) is 34.6 Å². The van der Waals surface area contributed by atoms with Gasteiger partial charge in [0.2, 0.25) is 5.91 Å². The maximum Gasteiger partial charge on any atom is 0.225 e. The van der Waals surface area contributed by atoms with Crippen molar-refractivity contribution in [1.29, 1.82) is 0 Å². The highest BCUT2D eigenvalue weighted by atomic mass is 35.5. The summed E-state index contributed by atoms with van der Waals surface area (Å²) in [7, 11) is 0. The van der Waals surface area contributed by atoms with Crippen LogP contribution in [0.2, 0.25) is 10.0 Å². The van der Waals surface area contributed by atoms with Crippen LogP contribution in [0.25, 0.3) is 0 Å². The van der Waals surface area contributed by atoms with Gasteiger partial charge < -0.3 is 10.2 Å². The summed E-state index contributed by atoms with van der Waals surface area (Å²) in [5.74, 6) is 0.208. The highest BCUT2D eigenvalue weighted by Gasteiger charge is 2.11. The van der Waals surface area contributed by atoms with Crippen molar-refractivity contribution in [3.8, 4) is 0 Å².